The molecule has 0 bridgehead atoms. The highest BCUT2D eigenvalue weighted by atomic mass is 35.5. The molecule has 4 N–H and O–H groups in total. The normalized spacial score (nSPS) is 10.0. The molecule has 0 aliphatic heterocycles. The van der Waals surface area contributed by atoms with Crippen LogP contribution in [0.4, 0.5) is 5.82 Å². The average Bonchev–Trinajstić information content (AvgIpc) is 2.46. The van der Waals surface area contributed by atoms with Crippen molar-refractivity contribution in [3.05, 3.63) is 52.9 Å². The molecule has 0 spiro atoms. The Kier molecular flexibility index (Phi) is 4.27. The summed E-state index contributed by atoms with van der Waals surface area (Å²) in [5.74, 6) is 5.21. The van der Waals surface area contributed by atoms with Gasteiger partial charge in [-0.15, -0.1) is 0 Å². The number of amides is 1. The van der Waals surface area contributed by atoms with Crippen molar-refractivity contribution in [1.82, 2.24) is 15.3 Å². The van der Waals surface area contributed by atoms with Crippen molar-refractivity contribution in [2.75, 3.05) is 5.43 Å². The Morgan fingerprint density at radius 3 is 2.68 bits per heavy atom. The van der Waals surface area contributed by atoms with Gasteiger partial charge in [0.05, 0.1) is 12.4 Å². The van der Waals surface area contributed by atoms with Crippen LogP contribution in [0.25, 0.3) is 0 Å². The Morgan fingerprint density at radius 1 is 1.26 bits per heavy atom. The van der Waals surface area contributed by atoms with Crippen LogP contribution in [0.2, 0.25) is 5.02 Å². The summed E-state index contributed by atoms with van der Waals surface area (Å²) in [4.78, 5) is 19.7. The van der Waals surface area contributed by atoms with E-state index in [1.807, 2.05) is 12.1 Å². The third-order valence-electron chi connectivity index (χ3n) is 2.38. The third kappa shape index (κ3) is 3.64. The van der Waals surface area contributed by atoms with E-state index in [4.69, 9.17) is 17.4 Å². The lowest BCUT2D eigenvalue weighted by Crippen LogP contribution is -2.24. The first kappa shape index (κ1) is 13.3. The molecule has 2 rings (SSSR count). The van der Waals surface area contributed by atoms with Gasteiger partial charge >= 0.3 is 0 Å². The van der Waals surface area contributed by atoms with E-state index in [-0.39, 0.29) is 11.6 Å². The Labute approximate surface area is 115 Å². The maximum atomic E-state index is 11.8. The molecule has 0 aliphatic rings. The highest BCUT2D eigenvalue weighted by Crippen LogP contribution is 2.09. The van der Waals surface area contributed by atoms with E-state index < -0.39 is 0 Å². The van der Waals surface area contributed by atoms with Crippen molar-refractivity contribution >= 4 is 23.3 Å². The molecule has 0 fully saturated rings. The summed E-state index contributed by atoms with van der Waals surface area (Å²) in [6, 6.07) is 7.21. The minimum absolute atomic E-state index is 0.199. The maximum absolute atomic E-state index is 11.8. The SMILES string of the molecule is NNc1cncc(C(=O)NCc2ccc(Cl)cc2)n1. The number of nitrogens with one attached hydrogen (secondary N) is 2. The molecule has 1 heterocycles. The van der Waals surface area contributed by atoms with Crippen molar-refractivity contribution in [2.45, 2.75) is 6.54 Å². The van der Waals surface area contributed by atoms with E-state index in [1.54, 1.807) is 12.1 Å². The number of carbonyl (C=O) groups is 1. The summed E-state index contributed by atoms with van der Waals surface area (Å²) >= 11 is 5.78. The molecule has 0 saturated carbocycles. The number of hydrazine groups is 1. The van der Waals surface area contributed by atoms with Gasteiger partial charge < -0.3 is 10.7 Å². The van der Waals surface area contributed by atoms with Gasteiger partial charge in [0.15, 0.2) is 5.82 Å². The fourth-order valence-electron chi connectivity index (χ4n) is 1.42. The molecular weight excluding hydrogens is 266 g/mol. The van der Waals surface area contributed by atoms with E-state index in [9.17, 15) is 4.79 Å². The Balaban J connectivity index is 1.99. The summed E-state index contributed by atoms with van der Waals surface area (Å²) in [6.07, 6.45) is 2.80. The van der Waals surface area contributed by atoms with E-state index in [0.29, 0.717) is 17.4 Å². The molecule has 98 valence electrons. The van der Waals surface area contributed by atoms with Crippen LogP contribution in [-0.2, 0) is 6.54 Å². The highest BCUT2D eigenvalue weighted by Gasteiger charge is 2.08. The lowest BCUT2D eigenvalue weighted by atomic mass is 10.2. The number of hydrogen-bond donors (Lipinski definition) is 3. The summed E-state index contributed by atoms with van der Waals surface area (Å²) < 4.78 is 0. The summed E-state index contributed by atoms with van der Waals surface area (Å²) in [5.41, 5.74) is 3.48. The fourth-order valence-corrected chi connectivity index (χ4v) is 1.55. The topological polar surface area (TPSA) is 92.9 Å². The standard InChI is InChI=1S/C12H12ClN5O/c13-9-3-1-8(2-4-9)5-16-12(19)10-6-15-7-11(17-10)18-14/h1-4,6-7H,5,14H2,(H,16,19)(H,17,18). The number of halogens is 1. The zero-order chi connectivity index (χ0) is 13.7. The molecular formula is C12H12ClN5O. The van der Waals surface area contributed by atoms with Gasteiger partial charge in [-0.2, -0.15) is 0 Å². The van der Waals surface area contributed by atoms with Crippen LogP contribution in [0.1, 0.15) is 16.1 Å². The van der Waals surface area contributed by atoms with Crippen LogP contribution < -0.4 is 16.6 Å². The first-order valence-corrected chi connectivity index (χ1v) is 5.88. The van der Waals surface area contributed by atoms with Crippen LogP contribution >= 0.6 is 11.6 Å². The minimum Gasteiger partial charge on any atom is -0.347 e. The Morgan fingerprint density at radius 2 is 2.00 bits per heavy atom. The number of nitrogens with two attached hydrogens (primary N) is 1. The molecule has 1 aromatic carbocycles. The van der Waals surface area contributed by atoms with Gasteiger partial charge in [-0.3, -0.25) is 9.78 Å². The first-order valence-electron chi connectivity index (χ1n) is 5.50. The molecule has 1 amide bonds. The van der Waals surface area contributed by atoms with Crippen molar-refractivity contribution in [2.24, 2.45) is 5.84 Å². The lowest BCUT2D eigenvalue weighted by molar-refractivity contribution is 0.0945. The fraction of sp³-hybridized carbons (Fsp3) is 0.0833. The molecule has 6 nitrogen and oxygen atoms in total. The third-order valence-corrected chi connectivity index (χ3v) is 2.63. The second kappa shape index (κ2) is 6.12. The monoisotopic (exact) mass is 277 g/mol. The van der Waals surface area contributed by atoms with Crippen LogP contribution in [0.15, 0.2) is 36.7 Å². The molecule has 19 heavy (non-hydrogen) atoms. The highest BCUT2D eigenvalue weighted by molar-refractivity contribution is 6.30. The van der Waals surface area contributed by atoms with Crippen LogP contribution in [0, 0.1) is 0 Å². The summed E-state index contributed by atoms with van der Waals surface area (Å²) in [6.45, 7) is 0.387. The second-order valence-electron chi connectivity index (χ2n) is 3.74. The molecule has 7 heteroatoms. The molecule has 0 aliphatic carbocycles. The number of hydrogen-bond acceptors (Lipinski definition) is 5. The van der Waals surface area contributed by atoms with Gasteiger partial charge in [0, 0.05) is 11.6 Å². The second-order valence-corrected chi connectivity index (χ2v) is 4.18. The minimum atomic E-state index is -0.320. The smallest absolute Gasteiger partial charge is 0.271 e. The zero-order valence-electron chi connectivity index (χ0n) is 9.93. The van der Waals surface area contributed by atoms with E-state index in [0.717, 1.165) is 5.56 Å². The van der Waals surface area contributed by atoms with Crippen LogP contribution in [-0.4, -0.2) is 15.9 Å². The molecule has 0 saturated heterocycles. The number of carbonyl (C=O) groups excluding carboxylic acids is 1. The van der Waals surface area contributed by atoms with Crippen LogP contribution in [0.5, 0.6) is 0 Å². The van der Waals surface area contributed by atoms with Gasteiger partial charge in [0.1, 0.15) is 5.69 Å². The van der Waals surface area contributed by atoms with E-state index in [2.05, 4.69) is 20.7 Å². The van der Waals surface area contributed by atoms with E-state index >= 15 is 0 Å². The number of rotatable bonds is 4. The molecule has 0 atom stereocenters. The van der Waals surface area contributed by atoms with Crippen molar-refractivity contribution in [3.63, 3.8) is 0 Å². The van der Waals surface area contributed by atoms with Gasteiger partial charge in [-0.1, -0.05) is 23.7 Å². The number of benzene rings is 1. The van der Waals surface area contributed by atoms with Gasteiger partial charge in [-0.05, 0) is 17.7 Å². The number of nitrogen functional groups attached to an aromatic ring is 1. The maximum Gasteiger partial charge on any atom is 0.271 e. The largest absolute Gasteiger partial charge is 0.347 e. The van der Waals surface area contributed by atoms with Gasteiger partial charge in [0.25, 0.3) is 5.91 Å². The quantitative estimate of drug-likeness (QED) is 0.579. The van der Waals surface area contributed by atoms with Crippen molar-refractivity contribution < 1.29 is 4.79 Å². The predicted octanol–water partition coefficient (Wildman–Crippen LogP) is 1.35. The Hall–Kier alpha value is -2.18. The number of anilines is 1. The summed E-state index contributed by atoms with van der Waals surface area (Å²) in [5, 5.41) is 3.39. The molecule has 0 radical (unpaired) electrons. The zero-order valence-corrected chi connectivity index (χ0v) is 10.7. The number of aromatic nitrogens is 2. The molecule has 2 aromatic rings. The van der Waals surface area contributed by atoms with Crippen LogP contribution in [0.3, 0.4) is 0 Å². The first-order chi connectivity index (χ1) is 9.19. The van der Waals surface area contributed by atoms with Gasteiger partial charge in [0.2, 0.25) is 0 Å². The lowest BCUT2D eigenvalue weighted by Gasteiger charge is -2.06. The van der Waals surface area contributed by atoms with E-state index in [1.165, 1.54) is 12.4 Å². The van der Waals surface area contributed by atoms with Crippen molar-refractivity contribution in [3.8, 4) is 0 Å². The Bertz CT molecular complexity index is 573. The molecule has 0 unspecified atom stereocenters. The number of nitrogens with zero attached hydrogens (tertiary/aromatic N) is 2. The predicted molar refractivity (Wildman–Crippen MR) is 72.5 cm³/mol. The van der Waals surface area contributed by atoms with Gasteiger partial charge in [-0.25, -0.2) is 10.8 Å². The summed E-state index contributed by atoms with van der Waals surface area (Å²) in [7, 11) is 0. The van der Waals surface area contributed by atoms with Crippen molar-refractivity contribution in [1.29, 1.82) is 0 Å². The molecule has 1 aromatic heterocycles. The average molecular weight is 278 g/mol.